The van der Waals surface area contributed by atoms with E-state index in [0.717, 1.165) is 0 Å². The van der Waals surface area contributed by atoms with E-state index in [2.05, 4.69) is 133 Å². The Morgan fingerprint density at radius 1 is 0.517 bits per heavy atom. The van der Waals surface area contributed by atoms with Crippen LogP contribution in [0, 0.1) is 0 Å². The second-order valence-corrected chi connectivity index (χ2v) is 13.1. The Balaban J connectivity index is 1.82. The van der Waals surface area contributed by atoms with Gasteiger partial charge in [0.15, 0.2) is 0 Å². The molecule has 29 heavy (non-hydrogen) atoms. The third kappa shape index (κ3) is 4.65. The van der Waals surface area contributed by atoms with Crippen LogP contribution in [-0.2, 0) is 11.8 Å². The van der Waals surface area contributed by atoms with Gasteiger partial charge in [-0.3, -0.25) is 0 Å². The molecule has 0 amide bonds. The van der Waals surface area contributed by atoms with E-state index in [4.69, 9.17) is 11.8 Å². The highest BCUT2D eigenvalue weighted by Gasteiger charge is 2.20. The van der Waals surface area contributed by atoms with Crippen LogP contribution in [-0.4, -0.2) is 0 Å². The second-order valence-electron chi connectivity index (χ2n) is 6.67. The number of hydrogen-bond donors (Lipinski definition) is 0. The lowest BCUT2D eigenvalue weighted by Gasteiger charge is -2.21. The van der Waals surface area contributed by atoms with Crippen molar-refractivity contribution < 1.29 is 0 Å². The molecule has 0 aliphatic carbocycles. The van der Waals surface area contributed by atoms with E-state index < -0.39 is 14.0 Å². The largest absolute Gasteiger partial charge is 0.0832 e. The molecular formula is C26H22P2S. The van der Waals surface area contributed by atoms with Crippen molar-refractivity contribution in [2.24, 2.45) is 0 Å². The minimum atomic E-state index is -2.05. The predicted octanol–water partition coefficient (Wildman–Crippen LogP) is 5.72. The number of benzene rings is 4. The van der Waals surface area contributed by atoms with E-state index in [9.17, 15) is 0 Å². The zero-order valence-electron chi connectivity index (χ0n) is 16.0. The lowest BCUT2D eigenvalue weighted by Crippen LogP contribution is -2.14. The summed E-state index contributed by atoms with van der Waals surface area (Å²) in [6.07, 6.45) is 0. The van der Waals surface area contributed by atoms with Crippen LogP contribution in [0.25, 0.3) is 0 Å². The van der Waals surface area contributed by atoms with Gasteiger partial charge in [-0.2, -0.15) is 0 Å². The fourth-order valence-corrected chi connectivity index (χ4v) is 9.29. The minimum absolute atomic E-state index is 0.615. The molecule has 4 rings (SSSR count). The van der Waals surface area contributed by atoms with Crippen LogP contribution in [0.2, 0.25) is 0 Å². The van der Waals surface area contributed by atoms with E-state index in [-0.39, 0.29) is 0 Å². The van der Waals surface area contributed by atoms with Crippen molar-refractivity contribution in [3.8, 4) is 0 Å². The van der Waals surface area contributed by atoms with Gasteiger partial charge in [0.2, 0.25) is 0 Å². The average molecular weight is 428 g/mol. The molecule has 0 aliphatic heterocycles. The molecular weight excluding hydrogens is 406 g/mol. The molecule has 3 heteroatoms. The van der Waals surface area contributed by atoms with Gasteiger partial charge in [-0.05, 0) is 40.8 Å². The van der Waals surface area contributed by atoms with E-state index in [1.54, 1.807) is 0 Å². The first kappa shape index (κ1) is 20.0. The molecule has 142 valence electrons. The van der Waals surface area contributed by atoms with Gasteiger partial charge in [-0.15, -0.1) is 0 Å². The Hall–Kier alpha value is -2.30. The molecule has 0 nitrogen and oxygen atoms in total. The fraction of sp³-hybridized carbons (Fsp3) is 0. The van der Waals surface area contributed by atoms with Crippen LogP contribution in [0.4, 0.5) is 0 Å². The highest BCUT2D eigenvalue weighted by molar-refractivity contribution is 8.23. The highest BCUT2D eigenvalue weighted by atomic mass is 32.4. The molecule has 0 aliphatic rings. The van der Waals surface area contributed by atoms with Crippen molar-refractivity contribution in [3.63, 3.8) is 0 Å². The molecule has 4 aromatic rings. The minimum Gasteiger partial charge on any atom is -0.0832 e. The second kappa shape index (κ2) is 9.47. The van der Waals surface area contributed by atoms with Crippen molar-refractivity contribution in [2.45, 2.75) is 0 Å². The van der Waals surface area contributed by atoms with Crippen LogP contribution in [0.3, 0.4) is 0 Å². The Morgan fingerprint density at radius 2 is 0.862 bits per heavy atom. The van der Waals surface area contributed by atoms with E-state index >= 15 is 0 Å². The van der Waals surface area contributed by atoms with Crippen molar-refractivity contribution >= 4 is 47.0 Å². The molecule has 0 fully saturated rings. The quantitative estimate of drug-likeness (QED) is 0.354. The topological polar surface area (TPSA) is 0 Å². The molecule has 0 saturated heterocycles. The van der Waals surface area contributed by atoms with Crippen LogP contribution >= 0.6 is 14.0 Å². The first-order valence-electron chi connectivity index (χ1n) is 9.57. The molecule has 0 unspecified atom stereocenters. The van der Waals surface area contributed by atoms with Gasteiger partial charge in [-0.25, -0.2) is 0 Å². The maximum atomic E-state index is 6.39. The molecule has 0 aromatic heterocycles. The van der Waals surface area contributed by atoms with Gasteiger partial charge in [0.1, 0.15) is 0 Å². The zero-order chi connectivity index (χ0) is 19.9. The third-order valence-corrected chi connectivity index (χ3v) is 11.5. The summed E-state index contributed by atoms with van der Waals surface area (Å²) in [6, 6.07) is 40.6. The monoisotopic (exact) mass is 428 g/mol. The van der Waals surface area contributed by atoms with Crippen molar-refractivity contribution in [2.75, 3.05) is 0 Å². The summed E-state index contributed by atoms with van der Waals surface area (Å²) in [4.78, 5) is 0. The first-order chi connectivity index (χ1) is 14.3. The molecule has 0 spiro atoms. The number of hydrogen-bond acceptors (Lipinski definition) is 1. The smallest absolute Gasteiger partial charge is 0.0311 e. The summed E-state index contributed by atoms with van der Waals surface area (Å²) >= 11 is 6.39. The van der Waals surface area contributed by atoms with E-state index in [1.165, 1.54) is 21.2 Å². The van der Waals surface area contributed by atoms with Gasteiger partial charge in [-0.1, -0.05) is 133 Å². The summed E-state index contributed by atoms with van der Waals surface area (Å²) in [5.41, 5.74) is 0. The maximum Gasteiger partial charge on any atom is 0.0311 e. The molecule has 0 saturated carbocycles. The SMILES string of the molecule is S=P(/C=C\P(c1ccccc1)c1ccccc1)(c1ccccc1)c1ccccc1. The highest BCUT2D eigenvalue weighted by Crippen LogP contribution is 2.48. The average Bonchev–Trinajstić information content (AvgIpc) is 2.81. The van der Waals surface area contributed by atoms with Gasteiger partial charge < -0.3 is 0 Å². The van der Waals surface area contributed by atoms with Gasteiger partial charge in [0.05, 0.1) is 0 Å². The summed E-state index contributed by atoms with van der Waals surface area (Å²) < 4.78 is 0. The Labute approximate surface area is 179 Å². The van der Waals surface area contributed by atoms with E-state index in [1.807, 2.05) is 0 Å². The summed E-state index contributed by atoms with van der Waals surface area (Å²) in [6.45, 7) is 0. The predicted molar refractivity (Wildman–Crippen MR) is 135 cm³/mol. The van der Waals surface area contributed by atoms with Crippen LogP contribution in [0.5, 0.6) is 0 Å². The first-order valence-corrected chi connectivity index (χ1v) is 13.9. The Morgan fingerprint density at radius 3 is 1.24 bits per heavy atom. The third-order valence-electron chi connectivity index (χ3n) is 4.77. The lowest BCUT2D eigenvalue weighted by molar-refractivity contribution is 1.75. The van der Waals surface area contributed by atoms with Crippen molar-refractivity contribution in [1.82, 2.24) is 0 Å². The van der Waals surface area contributed by atoms with Crippen LogP contribution in [0.1, 0.15) is 0 Å². The maximum absolute atomic E-state index is 6.39. The summed E-state index contributed by atoms with van der Waals surface area (Å²) in [5.74, 6) is 4.71. The van der Waals surface area contributed by atoms with Crippen LogP contribution in [0.15, 0.2) is 133 Å². The standard InChI is InChI=1S/C26H22P2S/c29-28(25-17-9-3-10-18-25,26-19-11-4-12-20-26)22-21-27(23-13-5-1-6-14-23)24-15-7-2-8-16-24/h1-22H/b22-21-. The number of rotatable bonds is 6. The van der Waals surface area contributed by atoms with Crippen LogP contribution < -0.4 is 21.2 Å². The molecule has 0 radical (unpaired) electrons. The molecule has 0 bridgehead atoms. The summed E-state index contributed by atoms with van der Waals surface area (Å²) in [5, 5.41) is 5.14. The zero-order valence-corrected chi connectivity index (χ0v) is 18.6. The van der Waals surface area contributed by atoms with Gasteiger partial charge in [0, 0.05) is 6.04 Å². The Bertz CT molecular complexity index is 1030. The van der Waals surface area contributed by atoms with Gasteiger partial charge >= 0.3 is 0 Å². The molecule has 0 atom stereocenters. The van der Waals surface area contributed by atoms with E-state index in [0.29, 0.717) is 0 Å². The summed E-state index contributed by atoms with van der Waals surface area (Å²) in [7, 11) is -0.615. The fourth-order valence-electron chi connectivity index (χ4n) is 3.28. The van der Waals surface area contributed by atoms with Crippen molar-refractivity contribution in [3.05, 3.63) is 133 Å². The normalized spacial score (nSPS) is 11.8. The lowest BCUT2D eigenvalue weighted by atomic mass is 10.4. The molecule has 0 N–H and O–H groups in total. The molecule has 4 aromatic carbocycles. The molecule has 0 heterocycles. The Kier molecular flexibility index (Phi) is 6.53. The van der Waals surface area contributed by atoms with Crippen molar-refractivity contribution in [1.29, 1.82) is 0 Å². The van der Waals surface area contributed by atoms with Gasteiger partial charge in [0.25, 0.3) is 0 Å².